The van der Waals surface area contributed by atoms with Crippen molar-refractivity contribution in [2.24, 2.45) is 0 Å². The molecule has 1 aliphatic rings. The minimum absolute atomic E-state index is 0.0667. The number of amides is 1. The van der Waals surface area contributed by atoms with Crippen LogP contribution in [0.3, 0.4) is 0 Å². The van der Waals surface area contributed by atoms with Gasteiger partial charge in [0.2, 0.25) is 15.9 Å². The average molecular weight is 528 g/mol. The van der Waals surface area contributed by atoms with Crippen LogP contribution >= 0.6 is 11.6 Å². The molecule has 3 aromatic rings. The maximum atomic E-state index is 13.9. The fourth-order valence-electron chi connectivity index (χ4n) is 4.39. The van der Waals surface area contributed by atoms with E-state index < -0.39 is 22.0 Å². The van der Waals surface area contributed by atoms with Gasteiger partial charge in [0.15, 0.2) is 0 Å². The van der Waals surface area contributed by atoms with Crippen molar-refractivity contribution < 1.29 is 23.1 Å². The zero-order chi connectivity index (χ0) is 25.9. The number of rotatable bonds is 7. The molecule has 1 aromatic heterocycles. The molecule has 4 rings (SSSR count). The Morgan fingerprint density at radius 2 is 1.75 bits per heavy atom. The van der Waals surface area contributed by atoms with E-state index in [1.165, 1.54) is 10.4 Å². The molecule has 2 heterocycles. The van der Waals surface area contributed by atoms with Gasteiger partial charge in [0.25, 0.3) is 0 Å². The molecule has 0 bridgehead atoms. The quantitative estimate of drug-likeness (QED) is 0.494. The van der Waals surface area contributed by atoms with E-state index in [0.29, 0.717) is 10.6 Å². The minimum atomic E-state index is -3.96. The highest BCUT2D eigenvalue weighted by atomic mass is 35.5. The van der Waals surface area contributed by atoms with Crippen LogP contribution in [0.4, 0.5) is 0 Å². The van der Waals surface area contributed by atoms with Gasteiger partial charge >= 0.3 is 5.97 Å². The summed E-state index contributed by atoms with van der Waals surface area (Å²) in [5.74, 6) is -1.37. The third kappa shape index (κ3) is 5.43. The summed E-state index contributed by atoms with van der Waals surface area (Å²) in [7, 11) is -3.96. The number of sulfonamides is 1. The Balaban J connectivity index is 1.74. The van der Waals surface area contributed by atoms with Crippen molar-refractivity contribution in [2.45, 2.75) is 30.7 Å². The first-order chi connectivity index (χ1) is 17.2. The molecule has 1 fully saturated rings. The Morgan fingerprint density at radius 1 is 1.03 bits per heavy atom. The fraction of sp³-hybridized carbons (Fsp3) is 0.269. The molecular weight excluding hydrogens is 502 g/mol. The smallest absolute Gasteiger partial charge is 0.303 e. The molecule has 0 saturated carbocycles. The zero-order valence-electron chi connectivity index (χ0n) is 19.7. The topological polar surface area (TPSA) is 108 Å². The molecular formula is C26H26ClN3O5S. The van der Waals surface area contributed by atoms with Crippen LogP contribution in [0.5, 0.6) is 0 Å². The van der Waals surface area contributed by atoms with E-state index in [0.717, 1.165) is 16.7 Å². The number of halogens is 1. The summed E-state index contributed by atoms with van der Waals surface area (Å²) < 4.78 is 29.2. The molecule has 0 radical (unpaired) electrons. The summed E-state index contributed by atoms with van der Waals surface area (Å²) in [4.78, 5) is 29.5. The van der Waals surface area contributed by atoms with Gasteiger partial charge in [0.1, 0.15) is 0 Å². The van der Waals surface area contributed by atoms with E-state index in [1.807, 2.05) is 36.4 Å². The first-order valence-electron chi connectivity index (χ1n) is 11.5. The predicted molar refractivity (Wildman–Crippen MR) is 136 cm³/mol. The van der Waals surface area contributed by atoms with Gasteiger partial charge in [-0.15, -0.1) is 0 Å². The number of nitrogens with zero attached hydrogens (tertiary/aromatic N) is 3. The third-order valence-electron chi connectivity index (χ3n) is 6.33. The first-order valence-corrected chi connectivity index (χ1v) is 13.3. The summed E-state index contributed by atoms with van der Waals surface area (Å²) in [5, 5.41) is 9.34. The number of carbonyl (C=O) groups is 2. The van der Waals surface area contributed by atoms with E-state index in [-0.39, 0.29) is 43.3 Å². The molecule has 1 aliphatic heterocycles. The second-order valence-electron chi connectivity index (χ2n) is 8.59. The SMILES string of the molecule is Cc1c(Cl)cccc1S(=O)(=O)N1CCN(C(=O)CCC(=O)O)CC1c1cccc(-c2ccncc2)c1. The molecule has 0 aliphatic carbocycles. The van der Waals surface area contributed by atoms with Gasteiger partial charge in [0, 0.05) is 43.5 Å². The molecule has 1 N–H and O–H groups in total. The molecule has 1 atom stereocenters. The third-order valence-corrected chi connectivity index (χ3v) is 8.79. The molecule has 0 spiro atoms. The second-order valence-corrected chi connectivity index (χ2v) is 10.9. The Bertz CT molecular complexity index is 1380. The minimum Gasteiger partial charge on any atom is -0.481 e. The maximum Gasteiger partial charge on any atom is 0.303 e. The number of carboxylic acid groups (broad SMARTS) is 1. The van der Waals surface area contributed by atoms with Gasteiger partial charge in [-0.1, -0.05) is 35.9 Å². The van der Waals surface area contributed by atoms with Crippen molar-refractivity contribution >= 4 is 33.5 Å². The molecule has 2 aromatic carbocycles. The van der Waals surface area contributed by atoms with Crippen molar-refractivity contribution in [3.05, 3.63) is 83.1 Å². The Hall–Kier alpha value is -3.27. The number of carbonyl (C=O) groups excluding carboxylic acids is 1. The van der Waals surface area contributed by atoms with Crippen LogP contribution in [0.1, 0.15) is 30.0 Å². The number of hydrogen-bond acceptors (Lipinski definition) is 5. The number of aliphatic carboxylic acids is 1. The molecule has 1 saturated heterocycles. The summed E-state index contributed by atoms with van der Waals surface area (Å²) in [5.41, 5.74) is 3.00. The molecule has 10 heteroatoms. The summed E-state index contributed by atoms with van der Waals surface area (Å²) in [6.07, 6.45) is 2.95. The lowest BCUT2D eigenvalue weighted by atomic mass is 9.98. The maximum absolute atomic E-state index is 13.9. The van der Waals surface area contributed by atoms with Crippen molar-refractivity contribution in [3.63, 3.8) is 0 Å². The lowest BCUT2D eigenvalue weighted by molar-refractivity contribution is -0.141. The van der Waals surface area contributed by atoms with Crippen LogP contribution in [-0.2, 0) is 19.6 Å². The second kappa shape index (κ2) is 10.8. The van der Waals surface area contributed by atoms with Gasteiger partial charge in [-0.3, -0.25) is 14.6 Å². The number of aromatic nitrogens is 1. The van der Waals surface area contributed by atoms with Gasteiger partial charge in [-0.25, -0.2) is 8.42 Å². The van der Waals surface area contributed by atoms with Gasteiger partial charge < -0.3 is 10.0 Å². The highest BCUT2D eigenvalue weighted by Crippen LogP contribution is 2.35. The van der Waals surface area contributed by atoms with E-state index in [4.69, 9.17) is 16.7 Å². The standard InChI is InChI=1S/C26H26ClN3O5S/c1-18-22(27)6-3-7-24(18)36(34,35)30-15-14-29(25(31)8-9-26(32)33)17-23(30)21-5-2-4-20(16-21)19-10-12-28-13-11-19/h2-7,10-13,16,23H,8-9,14-15,17H2,1H3,(H,32,33). The number of piperazine rings is 1. The van der Waals surface area contributed by atoms with E-state index in [9.17, 15) is 18.0 Å². The highest BCUT2D eigenvalue weighted by molar-refractivity contribution is 7.89. The molecule has 1 unspecified atom stereocenters. The molecule has 36 heavy (non-hydrogen) atoms. The zero-order valence-corrected chi connectivity index (χ0v) is 21.2. The lowest BCUT2D eigenvalue weighted by Crippen LogP contribution is -2.52. The number of hydrogen-bond donors (Lipinski definition) is 1. The normalized spacial score (nSPS) is 16.6. The van der Waals surface area contributed by atoms with Gasteiger partial charge in [-0.2, -0.15) is 4.31 Å². The first kappa shape index (κ1) is 25.8. The van der Waals surface area contributed by atoms with E-state index in [1.54, 1.807) is 36.4 Å². The van der Waals surface area contributed by atoms with E-state index in [2.05, 4.69) is 4.98 Å². The van der Waals surface area contributed by atoms with Crippen LogP contribution in [0.15, 0.2) is 71.9 Å². The van der Waals surface area contributed by atoms with Crippen LogP contribution < -0.4 is 0 Å². The Morgan fingerprint density at radius 3 is 2.47 bits per heavy atom. The summed E-state index contributed by atoms with van der Waals surface area (Å²) in [6.45, 7) is 2.01. The largest absolute Gasteiger partial charge is 0.481 e. The van der Waals surface area contributed by atoms with Crippen LogP contribution in [-0.4, -0.2) is 59.2 Å². The summed E-state index contributed by atoms with van der Waals surface area (Å²) >= 11 is 6.24. The fourth-order valence-corrected chi connectivity index (χ4v) is 6.46. The number of pyridine rings is 1. The van der Waals surface area contributed by atoms with Crippen LogP contribution in [0, 0.1) is 6.92 Å². The Kier molecular flexibility index (Phi) is 7.73. The van der Waals surface area contributed by atoms with Crippen molar-refractivity contribution in [1.29, 1.82) is 0 Å². The summed E-state index contributed by atoms with van der Waals surface area (Å²) in [6, 6.07) is 15.4. The average Bonchev–Trinajstić information content (AvgIpc) is 2.89. The van der Waals surface area contributed by atoms with Crippen molar-refractivity contribution in [1.82, 2.24) is 14.2 Å². The lowest BCUT2D eigenvalue weighted by Gasteiger charge is -2.41. The van der Waals surface area contributed by atoms with Gasteiger partial charge in [0.05, 0.1) is 17.4 Å². The molecule has 1 amide bonds. The van der Waals surface area contributed by atoms with Gasteiger partial charge in [-0.05, 0) is 59.5 Å². The monoisotopic (exact) mass is 527 g/mol. The number of benzene rings is 2. The van der Waals surface area contributed by atoms with E-state index >= 15 is 0 Å². The molecule has 8 nitrogen and oxygen atoms in total. The van der Waals surface area contributed by atoms with Crippen molar-refractivity contribution in [3.8, 4) is 11.1 Å². The number of carboxylic acids is 1. The van der Waals surface area contributed by atoms with Crippen LogP contribution in [0.25, 0.3) is 11.1 Å². The van der Waals surface area contributed by atoms with Crippen LogP contribution in [0.2, 0.25) is 5.02 Å². The highest BCUT2D eigenvalue weighted by Gasteiger charge is 2.39. The van der Waals surface area contributed by atoms with Crippen molar-refractivity contribution in [2.75, 3.05) is 19.6 Å². The Labute approximate surface area is 215 Å². The molecule has 188 valence electrons. The predicted octanol–water partition coefficient (Wildman–Crippen LogP) is 4.15.